The molecule has 2 aromatic carbocycles. The second-order valence-electron chi connectivity index (χ2n) is 5.02. The van der Waals surface area contributed by atoms with Gasteiger partial charge >= 0.3 is 0 Å². The first-order chi connectivity index (χ1) is 11.9. The summed E-state index contributed by atoms with van der Waals surface area (Å²) in [6.07, 6.45) is 2.05. The molecule has 0 bridgehead atoms. The zero-order chi connectivity index (χ0) is 19.7. The van der Waals surface area contributed by atoms with Crippen molar-refractivity contribution >= 4 is 32.1 Å². The Labute approximate surface area is 148 Å². The summed E-state index contributed by atoms with van der Waals surface area (Å²) in [6, 6.07) is 5.70. The molecule has 26 heavy (non-hydrogen) atoms. The molecule has 0 saturated carbocycles. The van der Waals surface area contributed by atoms with E-state index >= 15 is 0 Å². The third kappa shape index (κ3) is 4.46. The van der Waals surface area contributed by atoms with Gasteiger partial charge in [0.25, 0.3) is 0 Å². The number of ketones is 1. The van der Waals surface area contributed by atoms with E-state index in [2.05, 4.69) is 0 Å². The molecule has 0 spiro atoms. The topological polar surface area (TPSA) is 172 Å². The lowest BCUT2D eigenvalue weighted by Crippen LogP contribution is -2.02. The van der Waals surface area contributed by atoms with Gasteiger partial charge in [-0.25, -0.2) is 16.8 Å². The molecule has 0 amide bonds. The van der Waals surface area contributed by atoms with Gasteiger partial charge in [0.1, 0.15) is 31.7 Å². The van der Waals surface area contributed by atoms with Crippen LogP contribution in [-0.2, 0) is 20.2 Å². The zero-order valence-corrected chi connectivity index (χ0v) is 14.3. The molecular formula is C15H10O9S2-2. The average Bonchev–Trinajstić information content (AvgIpc) is 2.52. The number of aromatic hydroxyl groups is 2. The molecule has 2 rings (SSSR count). The number of hydrogen-bond acceptors (Lipinski definition) is 9. The van der Waals surface area contributed by atoms with Gasteiger partial charge in [-0.1, -0.05) is 12.1 Å². The summed E-state index contributed by atoms with van der Waals surface area (Å²) in [4.78, 5) is 10.2. The fraction of sp³-hybridized carbons (Fsp3) is 0. The Hall–Kier alpha value is -2.73. The molecule has 9 nitrogen and oxygen atoms in total. The van der Waals surface area contributed by atoms with Gasteiger partial charge in [0.2, 0.25) is 0 Å². The number of carbonyl (C=O) groups is 1. The van der Waals surface area contributed by atoms with E-state index in [0.717, 1.165) is 36.4 Å². The highest BCUT2D eigenvalue weighted by molar-refractivity contribution is 7.86. The minimum absolute atomic E-state index is 0.0982. The highest BCUT2D eigenvalue weighted by Crippen LogP contribution is 2.25. The lowest BCUT2D eigenvalue weighted by Gasteiger charge is -2.10. The Bertz CT molecular complexity index is 1110. The number of allylic oxidation sites excluding steroid dienone is 1. The molecule has 2 N–H and O–H groups in total. The number of rotatable bonds is 5. The second kappa shape index (κ2) is 6.88. The van der Waals surface area contributed by atoms with E-state index < -0.39 is 47.3 Å². The van der Waals surface area contributed by atoms with Crippen LogP contribution >= 0.6 is 0 Å². The Morgan fingerprint density at radius 3 is 1.88 bits per heavy atom. The van der Waals surface area contributed by atoms with Crippen molar-refractivity contribution in [1.29, 1.82) is 0 Å². The van der Waals surface area contributed by atoms with Crippen molar-refractivity contribution in [3.05, 3.63) is 53.6 Å². The van der Waals surface area contributed by atoms with Crippen LogP contribution in [0.2, 0.25) is 0 Å². The van der Waals surface area contributed by atoms with Crippen LogP contribution in [0.3, 0.4) is 0 Å². The monoisotopic (exact) mass is 398 g/mol. The van der Waals surface area contributed by atoms with Crippen LogP contribution in [-0.4, -0.2) is 41.9 Å². The predicted molar refractivity (Wildman–Crippen MR) is 85.5 cm³/mol. The standard InChI is InChI=1S/C15H12O9S2/c16-11(10-3-6-13(18)15(8-10)26(22,23)24)4-1-9-2-5-12(17)14(7-9)25(19,20)21/h1-8,17-18H,(H,19,20,21)(H,22,23,24)/p-2/b4-1+. The van der Waals surface area contributed by atoms with Crippen LogP contribution in [0.4, 0.5) is 0 Å². The normalized spacial score (nSPS) is 12.4. The summed E-state index contributed by atoms with van der Waals surface area (Å²) >= 11 is 0. The maximum Gasteiger partial charge on any atom is 0.185 e. The number of hydrogen-bond donors (Lipinski definition) is 2. The first-order valence-electron chi connectivity index (χ1n) is 6.70. The van der Waals surface area contributed by atoms with Gasteiger partial charge in [0.15, 0.2) is 5.78 Å². The lowest BCUT2D eigenvalue weighted by molar-refractivity contribution is 0.104. The highest BCUT2D eigenvalue weighted by atomic mass is 32.2. The van der Waals surface area contributed by atoms with Gasteiger partial charge < -0.3 is 19.3 Å². The molecule has 0 saturated heterocycles. The average molecular weight is 398 g/mol. The van der Waals surface area contributed by atoms with Crippen LogP contribution in [0.5, 0.6) is 11.5 Å². The molecule has 138 valence electrons. The van der Waals surface area contributed by atoms with Crippen LogP contribution in [0.15, 0.2) is 52.3 Å². The maximum atomic E-state index is 12.1. The third-order valence-corrected chi connectivity index (χ3v) is 4.93. The molecular weight excluding hydrogens is 388 g/mol. The molecule has 0 radical (unpaired) electrons. The van der Waals surface area contributed by atoms with Crippen LogP contribution in [0.25, 0.3) is 6.08 Å². The highest BCUT2D eigenvalue weighted by Gasteiger charge is 2.12. The number of phenolic OH excluding ortho intramolecular Hbond substituents is 2. The van der Waals surface area contributed by atoms with Gasteiger partial charge in [0, 0.05) is 5.56 Å². The van der Waals surface area contributed by atoms with Gasteiger partial charge in [-0.05, 0) is 42.0 Å². The summed E-state index contributed by atoms with van der Waals surface area (Å²) in [5, 5.41) is 18.8. The molecule has 11 heteroatoms. The first-order valence-corrected chi connectivity index (χ1v) is 9.51. The van der Waals surface area contributed by atoms with Crippen molar-refractivity contribution in [3.63, 3.8) is 0 Å². The molecule has 0 unspecified atom stereocenters. The molecule has 0 aliphatic carbocycles. The zero-order valence-electron chi connectivity index (χ0n) is 12.7. The van der Waals surface area contributed by atoms with Crippen molar-refractivity contribution in [3.8, 4) is 11.5 Å². The van der Waals surface area contributed by atoms with Crippen LogP contribution in [0.1, 0.15) is 15.9 Å². The van der Waals surface area contributed by atoms with E-state index in [1.54, 1.807) is 0 Å². The summed E-state index contributed by atoms with van der Waals surface area (Å²) in [5.41, 5.74) is -0.120. The van der Waals surface area contributed by atoms with Gasteiger partial charge in [-0.15, -0.1) is 0 Å². The van der Waals surface area contributed by atoms with E-state index in [1.807, 2.05) is 0 Å². The van der Waals surface area contributed by atoms with Gasteiger partial charge in [-0.2, -0.15) is 0 Å². The Balaban J connectivity index is 2.37. The molecule has 0 aromatic heterocycles. The maximum absolute atomic E-state index is 12.1. The summed E-state index contributed by atoms with van der Waals surface area (Å²) in [5.74, 6) is -2.30. The predicted octanol–water partition coefficient (Wildman–Crippen LogP) is 0.802. The molecule has 0 heterocycles. The van der Waals surface area contributed by atoms with E-state index in [4.69, 9.17) is 0 Å². The van der Waals surface area contributed by atoms with E-state index in [-0.39, 0.29) is 11.1 Å². The van der Waals surface area contributed by atoms with E-state index in [1.165, 1.54) is 6.07 Å². The molecule has 0 aliphatic rings. The number of phenols is 2. The van der Waals surface area contributed by atoms with Crippen LogP contribution in [0, 0.1) is 0 Å². The van der Waals surface area contributed by atoms with Crippen molar-refractivity contribution < 1.29 is 40.9 Å². The Kier molecular flexibility index (Phi) is 5.18. The van der Waals surface area contributed by atoms with E-state index in [0.29, 0.717) is 6.07 Å². The van der Waals surface area contributed by atoms with Crippen LogP contribution < -0.4 is 0 Å². The fourth-order valence-corrected chi connectivity index (χ4v) is 3.17. The number of benzene rings is 2. The van der Waals surface area contributed by atoms with Crippen molar-refractivity contribution in [2.75, 3.05) is 0 Å². The quantitative estimate of drug-likeness (QED) is 0.419. The van der Waals surface area contributed by atoms with E-state index in [9.17, 15) is 40.9 Å². The molecule has 0 atom stereocenters. The first kappa shape index (κ1) is 19.6. The Morgan fingerprint density at radius 2 is 1.35 bits per heavy atom. The van der Waals surface area contributed by atoms with Crippen molar-refractivity contribution in [2.24, 2.45) is 0 Å². The summed E-state index contributed by atoms with van der Waals surface area (Å²) < 4.78 is 66.1. The molecule has 0 aliphatic heterocycles. The Morgan fingerprint density at radius 1 is 0.846 bits per heavy atom. The van der Waals surface area contributed by atoms with Crippen molar-refractivity contribution in [1.82, 2.24) is 0 Å². The third-order valence-electron chi connectivity index (χ3n) is 3.19. The van der Waals surface area contributed by atoms with Crippen molar-refractivity contribution in [2.45, 2.75) is 9.79 Å². The minimum Gasteiger partial charge on any atom is -0.744 e. The number of carbonyl (C=O) groups excluding carboxylic acids is 1. The lowest BCUT2D eigenvalue weighted by atomic mass is 10.1. The summed E-state index contributed by atoms with van der Waals surface area (Å²) in [6.45, 7) is 0. The largest absolute Gasteiger partial charge is 0.744 e. The SMILES string of the molecule is O=C(/C=C/c1ccc(O)c(S(=O)(=O)[O-])c1)c1ccc(O)c(S(=O)(=O)[O-])c1. The smallest absolute Gasteiger partial charge is 0.185 e. The second-order valence-corrected chi connectivity index (χ2v) is 7.71. The molecule has 0 fully saturated rings. The minimum atomic E-state index is -4.99. The van der Waals surface area contributed by atoms with Gasteiger partial charge in [-0.3, -0.25) is 4.79 Å². The molecule has 2 aromatic rings. The summed E-state index contributed by atoms with van der Waals surface area (Å²) in [7, 11) is -9.91. The fourth-order valence-electron chi connectivity index (χ4n) is 1.97. The van der Waals surface area contributed by atoms with Gasteiger partial charge in [0.05, 0.1) is 9.79 Å².